The number of hydrogen-bond acceptors (Lipinski definition) is 4. The third-order valence-electron chi connectivity index (χ3n) is 4.30. The van der Waals surface area contributed by atoms with Gasteiger partial charge in [-0.1, -0.05) is 30.3 Å². The van der Waals surface area contributed by atoms with Crippen LogP contribution in [0.3, 0.4) is 0 Å². The van der Waals surface area contributed by atoms with Gasteiger partial charge in [0.1, 0.15) is 5.54 Å². The first-order valence-electron chi connectivity index (χ1n) is 7.64. The van der Waals surface area contributed by atoms with Crippen LogP contribution in [0.5, 0.6) is 0 Å². The van der Waals surface area contributed by atoms with E-state index in [0.717, 1.165) is 31.7 Å². The van der Waals surface area contributed by atoms with Crippen molar-refractivity contribution in [3.05, 3.63) is 35.9 Å². The standard InChI is InChI=1S/C17H25N3O/c1-19-17(14-18,15-6-4-3-5-7-15)10-11-20(12-13-21-2)16-8-9-16/h3-7,16,19H,8-13H2,1-2H3. The van der Waals surface area contributed by atoms with E-state index < -0.39 is 5.54 Å². The number of nitriles is 1. The number of benzene rings is 1. The van der Waals surface area contributed by atoms with Crippen molar-refractivity contribution < 1.29 is 4.74 Å². The number of hydrogen-bond donors (Lipinski definition) is 1. The molecule has 1 atom stereocenters. The first-order valence-corrected chi connectivity index (χ1v) is 7.64. The normalized spacial score (nSPS) is 17.4. The van der Waals surface area contributed by atoms with Crippen LogP contribution in [0.1, 0.15) is 24.8 Å². The van der Waals surface area contributed by atoms with Crippen molar-refractivity contribution in [2.75, 3.05) is 33.9 Å². The molecule has 1 aromatic carbocycles. The second-order valence-corrected chi connectivity index (χ2v) is 5.64. The van der Waals surface area contributed by atoms with Crippen molar-refractivity contribution in [2.24, 2.45) is 0 Å². The quantitative estimate of drug-likeness (QED) is 0.756. The van der Waals surface area contributed by atoms with Crippen LogP contribution in [0.15, 0.2) is 30.3 Å². The van der Waals surface area contributed by atoms with Gasteiger partial charge in [0, 0.05) is 26.2 Å². The van der Waals surface area contributed by atoms with Gasteiger partial charge in [-0.3, -0.25) is 10.2 Å². The minimum absolute atomic E-state index is 0.610. The number of nitrogens with one attached hydrogen (secondary N) is 1. The Morgan fingerprint density at radius 3 is 2.57 bits per heavy atom. The maximum Gasteiger partial charge on any atom is 0.133 e. The molecule has 1 fully saturated rings. The smallest absolute Gasteiger partial charge is 0.133 e. The molecule has 1 aromatic rings. The van der Waals surface area contributed by atoms with Crippen molar-refractivity contribution in [1.29, 1.82) is 5.26 Å². The monoisotopic (exact) mass is 287 g/mol. The first kappa shape index (κ1) is 16.0. The number of nitrogens with zero attached hydrogens (tertiary/aromatic N) is 2. The van der Waals surface area contributed by atoms with Gasteiger partial charge >= 0.3 is 0 Å². The predicted octanol–water partition coefficient (Wildman–Crippen LogP) is 2.13. The zero-order valence-electron chi connectivity index (χ0n) is 13.0. The Morgan fingerprint density at radius 1 is 1.33 bits per heavy atom. The highest BCUT2D eigenvalue weighted by Crippen LogP contribution is 2.30. The molecule has 21 heavy (non-hydrogen) atoms. The largest absolute Gasteiger partial charge is 0.383 e. The zero-order chi connectivity index (χ0) is 15.1. The van der Waals surface area contributed by atoms with E-state index in [4.69, 9.17) is 4.74 Å². The Labute approximate surface area is 127 Å². The average molecular weight is 287 g/mol. The molecule has 4 nitrogen and oxygen atoms in total. The van der Waals surface area contributed by atoms with Gasteiger partial charge in [-0.2, -0.15) is 5.26 Å². The summed E-state index contributed by atoms with van der Waals surface area (Å²) in [7, 11) is 3.61. The lowest BCUT2D eigenvalue weighted by atomic mass is 9.88. The Balaban J connectivity index is 2.04. The lowest BCUT2D eigenvalue weighted by Gasteiger charge is -2.30. The van der Waals surface area contributed by atoms with E-state index in [1.54, 1.807) is 7.11 Å². The minimum atomic E-state index is -0.610. The molecular formula is C17H25N3O. The molecule has 4 heteroatoms. The van der Waals surface area contributed by atoms with Crippen LogP contribution in [0.4, 0.5) is 0 Å². The average Bonchev–Trinajstić information content (AvgIpc) is 3.37. The molecular weight excluding hydrogens is 262 g/mol. The fraction of sp³-hybridized carbons (Fsp3) is 0.588. The molecule has 1 saturated carbocycles. The van der Waals surface area contributed by atoms with Crippen LogP contribution >= 0.6 is 0 Å². The van der Waals surface area contributed by atoms with Gasteiger partial charge < -0.3 is 4.74 Å². The van der Waals surface area contributed by atoms with Crippen molar-refractivity contribution in [3.8, 4) is 6.07 Å². The lowest BCUT2D eigenvalue weighted by Crippen LogP contribution is -2.43. The van der Waals surface area contributed by atoms with Gasteiger partial charge in [-0.05, 0) is 31.9 Å². The molecule has 114 valence electrons. The fourth-order valence-electron chi connectivity index (χ4n) is 2.75. The summed E-state index contributed by atoms with van der Waals surface area (Å²) in [5, 5.41) is 13.0. The maximum absolute atomic E-state index is 9.72. The number of rotatable bonds is 9. The summed E-state index contributed by atoms with van der Waals surface area (Å²) < 4.78 is 5.20. The van der Waals surface area contributed by atoms with Crippen LogP contribution in [0, 0.1) is 11.3 Å². The van der Waals surface area contributed by atoms with Crippen molar-refractivity contribution in [1.82, 2.24) is 10.2 Å². The Bertz CT molecular complexity index is 467. The SMILES string of the molecule is CNC(C#N)(CCN(CCOC)C1CC1)c1ccccc1. The minimum Gasteiger partial charge on any atom is -0.383 e. The summed E-state index contributed by atoms with van der Waals surface area (Å²) in [4.78, 5) is 2.45. The van der Waals surface area contributed by atoms with E-state index in [0.29, 0.717) is 6.04 Å². The molecule has 1 unspecified atom stereocenters. The van der Waals surface area contributed by atoms with E-state index in [1.807, 2.05) is 37.4 Å². The first-order chi connectivity index (χ1) is 10.3. The fourth-order valence-corrected chi connectivity index (χ4v) is 2.75. The summed E-state index contributed by atoms with van der Waals surface area (Å²) in [6, 6.07) is 13.2. The molecule has 0 aromatic heterocycles. The summed E-state index contributed by atoms with van der Waals surface area (Å²) in [6.07, 6.45) is 3.33. The number of ether oxygens (including phenoxy) is 1. The Morgan fingerprint density at radius 2 is 2.05 bits per heavy atom. The third kappa shape index (κ3) is 4.04. The molecule has 1 aliphatic carbocycles. The van der Waals surface area contributed by atoms with Gasteiger partial charge in [-0.25, -0.2) is 0 Å². The predicted molar refractivity (Wildman–Crippen MR) is 83.9 cm³/mol. The molecule has 2 rings (SSSR count). The lowest BCUT2D eigenvalue weighted by molar-refractivity contribution is 0.137. The van der Waals surface area contributed by atoms with E-state index in [9.17, 15) is 5.26 Å². The van der Waals surface area contributed by atoms with Gasteiger partial charge in [0.15, 0.2) is 0 Å². The zero-order valence-corrected chi connectivity index (χ0v) is 13.0. The van der Waals surface area contributed by atoms with Crippen molar-refractivity contribution in [2.45, 2.75) is 30.8 Å². The van der Waals surface area contributed by atoms with E-state index in [1.165, 1.54) is 12.8 Å². The van der Waals surface area contributed by atoms with Gasteiger partial charge in [0.05, 0.1) is 12.7 Å². The topological polar surface area (TPSA) is 48.3 Å². The highest BCUT2D eigenvalue weighted by atomic mass is 16.5. The molecule has 1 N–H and O–H groups in total. The molecule has 0 spiro atoms. The van der Waals surface area contributed by atoms with Crippen LogP contribution in [-0.4, -0.2) is 44.8 Å². The molecule has 0 radical (unpaired) electrons. The van der Waals surface area contributed by atoms with Crippen LogP contribution < -0.4 is 5.32 Å². The highest BCUT2D eigenvalue weighted by Gasteiger charge is 2.34. The Hall–Kier alpha value is -1.41. The third-order valence-corrected chi connectivity index (χ3v) is 4.30. The maximum atomic E-state index is 9.72. The van der Waals surface area contributed by atoms with Gasteiger partial charge in [0.2, 0.25) is 0 Å². The highest BCUT2D eigenvalue weighted by molar-refractivity contribution is 5.31. The van der Waals surface area contributed by atoms with Gasteiger partial charge in [0.25, 0.3) is 0 Å². The summed E-state index contributed by atoms with van der Waals surface area (Å²) in [5.74, 6) is 0. The Kier molecular flexibility index (Phi) is 5.75. The van der Waals surface area contributed by atoms with E-state index >= 15 is 0 Å². The molecule has 1 aliphatic rings. The van der Waals surface area contributed by atoms with Crippen LogP contribution in [0.2, 0.25) is 0 Å². The van der Waals surface area contributed by atoms with Crippen molar-refractivity contribution in [3.63, 3.8) is 0 Å². The second kappa shape index (κ2) is 7.56. The molecule has 0 heterocycles. The molecule has 0 aliphatic heterocycles. The molecule has 0 amide bonds. The van der Waals surface area contributed by atoms with E-state index in [-0.39, 0.29) is 0 Å². The van der Waals surface area contributed by atoms with Crippen molar-refractivity contribution >= 4 is 0 Å². The summed E-state index contributed by atoms with van der Waals surface area (Å²) in [6.45, 7) is 2.61. The van der Waals surface area contributed by atoms with Crippen LogP contribution in [-0.2, 0) is 10.3 Å². The number of methoxy groups -OCH3 is 1. The van der Waals surface area contributed by atoms with Crippen LogP contribution in [0.25, 0.3) is 0 Å². The van der Waals surface area contributed by atoms with Gasteiger partial charge in [-0.15, -0.1) is 0 Å². The molecule has 0 saturated heterocycles. The second-order valence-electron chi connectivity index (χ2n) is 5.64. The summed E-state index contributed by atoms with van der Waals surface area (Å²) in [5.41, 5.74) is 0.430. The molecule has 0 bridgehead atoms. The summed E-state index contributed by atoms with van der Waals surface area (Å²) >= 11 is 0. The van der Waals surface area contributed by atoms with E-state index in [2.05, 4.69) is 16.3 Å².